The number of rotatable bonds is 3. The SMILES string of the molecule is COc1ccc(C(C#N)N2CCCC2)c2ccccc12. The van der Waals surface area contributed by atoms with Crippen LogP contribution in [0.2, 0.25) is 0 Å². The zero-order valence-electron chi connectivity index (χ0n) is 11.7. The first-order valence-electron chi connectivity index (χ1n) is 7.04. The van der Waals surface area contributed by atoms with Crippen LogP contribution in [-0.2, 0) is 0 Å². The molecular formula is C17H18N2O. The van der Waals surface area contributed by atoms with Crippen LogP contribution < -0.4 is 4.74 Å². The highest BCUT2D eigenvalue weighted by Crippen LogP contribution is 2.34. The van der Waals surface area contributed by atoms with Gasteiger partial charge < -0.3 is 4.74 Å². The van der Waals surface area contributed by atoms with E-state index in [9.17, 15) is 5.26 Å². The Morgan fingerprint density at radius 2 is 1.80 bits per heavy atom. The molecule has 1 atom stereocenters. The third kappa shape index (κ3) is 2.13. The van der Waals surface area contributed by atoms with Gasteiger partial charge in [-0.1, -0.05) is 30.3 Å². The highest BCUT2D eigenvalue weighted by atomic mass is 16.5. The minimum absolute atomic E-state index is 0.159. The van der Waals surface area contributed by atoms with E-state index in [1.807, 2.05) is 24.3 Å². The molecule has 2 aromatic rings. The lowest BCUT2D eigenvalue weighted by Crippen LogP contribution is -2.24. The van der Waals surface area contributed by atoms with E-state index in [1.165, 1.54) is 12.8 Å². The molecule has 1 heterocycles. The molecule has 3 rings (SSSR count). The third-order valence-corrected chi connectivity index (χ3v) is 4.06. The molecule has 20 heavy (non-hydrogen) atoms. The van der Waals surface area contributed by atoms with Crippen LogP contribution >= 0.6 is 0 Å². The lowest BCUT2D eigenvalue weighted by atomic mass is 9.98. The van der Waals surface area contributed by atoms with E-state index in [2.05, 4.69) is 23.1 Å². The number of nitriles is 1. The van der Waals surface area contributed by atoms with E-state index in [-0.39, 0.29) is 6.04 Å². The molecule has 2 aromatic carbocycles. The van der Waals surface area contributed by atoms with Gasteiger partial charge in [0.2, 0.25) is 0 Å². The number of ether oxygens (including phenoxy) is 1. The fourth-order valence-corrected chi connectivity index (χ4v) is 3.06. The summed E-state index contributed by atoms with van der Waals surface area (Å²) in [4.78, 5) is 2.27. The van der Waals surface area contributed by atoms with Crippen LogP contribution in [0.5, 0.6) is 5.75 Å². The highest BCUT2D eigenvalue weighted by molar-refractivity contribution is 5.91. The first-order valence-corrected chi connectivity index (χ1v) is 7.04. The molecule has 3 heteroatoms. The minimum atomic E-state index is -0.159. The van der Waals surface area contributed by atoms with Gasteiger partial charge in [-0.25, -0.2) is 0 Å². The summed E-state index contributed by atoms with van der Waals surface area (Å²) >= 11 is 0. The molecule has 0 aliphatic carbocycles. The fourth-order valence-electron chi connectivity index (χ4n) is 3.06. The minimum Gasteiger partial charge on any atom is -0.496 e. The van der Waals surface area contributed by atoms with E-state index in [1.54, 1.807) is 7.11 Å². The van der Waals surface area contributed by atoms with Crippen LogP contribution in [0.4, 0.5) is 0 Å². The molecule has 0 N–H and O–H groups in total. The smallest absolute Gasteiger partial charge is 0.126 e. The van der Waals surface area contributed by atoms with Gasteiger partial charge >= 0.3 is 0 Å². The maximum atomic E-state index is 9.60. The Bertz CT molecular complexity index is 654. The molecule has 3 nitrogen and oxygen atoms in total. The molecule has 1 aliphatic heterocycles. The number of likely N-dealkylation sites (tertiary alicyclic amines) is 1. The quantitative estimate of drug-likeness (QED) is 0.853. The molecule has 1 aliphatic rings. The van der Waals surface area contributed by atoms with Crippen molar-refractivity contribution in [2.45, 2.75) is 18.9 Å². The van der Waals surface area contributed by atoms with Crippen molar-refractivity contribution in [2.24, 2.45) is 0 Å². The van der Waals surface area contributed by atoms with E-state index in [0.717, 1.165) is 35.2 Å². The summed E-state index contributed by atoms with van der Waals surface area (Å²) < 4.78 is 5.42. The Morgan fingerprint density at radius 1 is 1.10 bits per heavy atom. The molecule has 0 bridgehead atoms. The van der Waals surface area contributed by atoms with E-state index in [4.69, 9.17) is 4.74 Å². The lowest BCUT2D eigenvalue weighted by molar-refractivity contribution is 0.295. The fraction of sp³-hybridized carbons (Fsp3) is 0.353. The van der Waals surface area contributed by atoms with Crippen LogP contribution in [0.1, 0.15) is 24.4 Å². The second kappa shape index (κ2) is 5.52. The summed E-state index contributed by atoms with van der Waals surface area (Å²) in [6.45, 7) is 2.02. The monoisotopic (exact) mass is 266 g/mol. The zero-order chi connectivity index (χ0) is 13.9. The molecule has 0 radical (unpaired) electrons. The Morgan fingerprint density at radius 3 is 2.45 bits per heavy atom. The van der Waals surface area contributed by atoms with Crippen LogP contribution in [0.15, 0.2) is 36.4 Å². The second-order valence-electron chi connectivity index (χ2n) is 5.18. The Kier molecular flexibility index (Phi) is 3.58. The molecule has 0 aromatic heterocycles. The Hall–Kier alpha value is -2.05. The number of benzene rings is 2. The van der Waals surface area contributed by atoms with Crippen LogP contribution in [0.25, 0.3) is 10.8 Å². The van der Waals surface area contributed by atoms with Crippen LogP contribution in [0, 0.1) is 11.3 Å². The number of hydrogen-bond acceptors (Lipinski definition) is 3. The number of fused-ring (bicyclic) bond motifs is 1. The van der Waals surface area contributed by atoms with Gasteiger partial charge in [0.25, 0.3) is 0 Å². The molecule has 0 spiro atoms. The van der Waals surface area contributed by atoms with Crippen molar-refractivity contribution < 1.29 is 4.74 Å². The summed E-state index contributed by atoms with van der Waals surface area (Å²) in [5.74, 6) is 0.863. The molecule has 1 unspecified atom stereocenters. The highest BCUT2D eigenvalue weighted by Gasteiger charge is 2.25. The molecule has 0 amide bonds. The normalized spacial score (nSPS) is 17.0. The standard InChI is InChI=1S/C17H18N2O/c1-20-17-9-8-14(13-6-2-3-7-15(13)17)16(12-18)19-10-4-5-11-19/h2-3,6-9,16H,4-5,10-11H2,1H3. The zero-order valence-corrected chi connectivity index (χ0v) is 11.7. The molecule has 0 saturated carbocycles. The maximum absolute atomic E-state index is 9.60. The Labute approximate surface area is 119 Å². The first-order chi connectivity index (χ1) is 9.85. The summed E-state index contributed by atoms with van der Waals surface area (Å²) in [5.41, 5.74) is 1.09. The summed E-state index contributed by atoms with van der Waals surface area (Å²) in [7, 11) is 1.68. The van der Waals surface area contributed by atoms with E-state index < -0.39 is 0 Å². The topological polar surface area (TPSA) is 36.3 Å². The van der Waals surface area contributed by atoms with Gasteiger partial charge in [-0.15, -0.1) is 0 Å². The van der Waals surface area contributed by atoms with Crippen molar-refractivity contribution >= 4 is 10.8 Å². The van der Waals surface area contributed by atoms with Crippen molar-refractivity contribution in [1.29, 1.82) is 5.26 Å². The van der Waals surface area contributed by atoms with Crippen LogP contribution in [-0.4, -0.2) is 25.1 Å². The Balaban J connectivity index is 2.13. The predicted molar refractivity (Wildman–Crippen MR) is 79.7 cm³/mol. The van der Waals surface area contributed by atoms with Gasteiger partial charge in [-0.2, -0.15) is 5.26 Å². The number of methoxy groups -OCH3 is 1. The van der Waals surface area contributed by atoms with Crippen molar-refractivity contribution in [3.8, 4) is 11.8 Å². The first kappa shape index (κ1) is 13.0. The van der Waals surface area contributed by atoms with Gasteiger partial charge in [0.05, 0.1) is 13.2 Å². The lowest BCUT2D eigenvalue weighted by Gasteiger charge is -2.23. The van der Waals surface area contributed by atoms with Crippen molar-refractivity contribution in [1.82, 2.24) is 4.90 Å². The summed E-state index contributed by atoms with van der Waals surface area (Å²) in [5, 5.41) is 11.8. The predicted octanol–water partition coefficient (Wildman–Crippen LogP) is 3.51. The van der Waals surface area contributed by atoms with Crippen molar-refractivity contribution in [3.05, 3.63) is 42.0 Å². The third-order valence-electron chi connectivity index (χ3n) is 4.06. The number of hydrogen-bond donors (Lipinski definition) is 0. The largest absolute Gasteiger partial charge is 0.496 e. The van der Waals surface area contributed by atoms with E-state index >= 15 is 0 Å². The van der Waals surface area contributed by atoms with Crippen molar-refractivity contribution in [3.63, 3.8) is 0 Å². The average Bonchev–Trinajstić information content (AvgIpc) is 3.02. The summed E-state index contributed by atoms with van der Waals surface area (Å²) in [6, 6.07) is 14.5. The van der Waals surface area contributed by atoms with Crippen molar-refractivity contribution in [2.75, 3.05) is 20.2 Å². The van der Waals surface area contributed by atoms with E-state index in [0.29, 0.717) is 0 Å². The van der Waals surface area contributed by atoms with Gasteiger partial charge in [0.1, 0.15) is 11.8 Å². The van der Waals surface area contributed by atoms with Crippen LogP contribution in [0.3, 0.4) is 0 Å². The molecule has 1 saturated heterocycles. The van der Waals surface area contributed by atoms with Gasteiger partial charge in [0, 0.05) is 5.39 Å². The van der Waals surface area contributed by atoms with Gasteiger partial charge in [0.15, 0.2) is 0 Å². The second-order valence-corrected chi connectivity index (χ2v) is 5.18. The molecular weight excluding hydrogens is 248 g/mol. The van der Waals surface area contributed by atoms with Gasteiger partial charge in [-0.05, 0) is 42.9 Å². The average molecular weight is 266 g/mol. The van der Waals surface area contributed by atoms with Gasteiger partial charge in [-0.3, -0.25) is 4.90 Å². The summed E-state index contributed by atoms with van der Waals surface area (Å²) in [6.07, 6.45) is 2.37. The molecule has 102 valence electrons. The molecule has 1 fully saturated rings. The number of nitrogens with zero attached hydrogens (tertiary/aromatic N) is 2. The maximum Gasteiger partial charge on any atom is 0.126 e.